The highest BCUT2D eigenvalue weighted by Gasteiger charge is 2.48. The summed E-state index contributed by atoms with van der Waals surface area (Å²) in [5.41, 5.74) is 2.84. The van der Waals surface area contributed by atoms with E-state index in [9.17, 15) is 19.2 Å². The van der Waals surface area contributed by atoms with Crippen molar-refractivity contribution in [3.05, 3.63) is 70.8 Å². The zero-order valence-electron chi connectivity index (χ0n) is 27.7. The monoisotopic (exact) mass is 632 g/mol. The first-order valence-corrected chi connectivity index (χ1v) is 16.5. The number of aryl methyl sites for hydroxylation is 1. The van der Waals surface area contributed by atoms with Crippen LogP contribution in [0.4, 0.5) is 4.79 Å². The van der Waals surface area contributed by atoms with Gasteiger partial charge in [0, 0.05) is 6.54 Å². The number of hydrogen-bond acceptors (Lipinski definition) is 7. The van der Waals surface area contributed by atoms with Gasteiger partial charge in [0.2, 0.25) is 11.8 Å². The van der Waals surface area contributed by atoms with Crippen LogP contribution in [0, 0.1) is 6.92 Å². The summed E-state index contributed by atoms with van der Waals surface area (Å²) in [6.45, 7) is 9.02. The number of likely N-dealkylation sites (tertiary alicyclic amines) is 1. The number of methoxy groups -OCH3 is 1. The van der Waals surface area contributed by atoms with E-state index < -0.39 is 23.3 Å². The molecule has 10 heteroatoms. The molecule has 2 aromatic carbocycles. The molecule has 4 fully saturated rings. The van der Waals surface area contributed by atoms with Crippen LogP contribution in [0.15, 0.2) is 48.5 Å². The summed E-state index contributed by atoms with van der Waals surface area (Å²) < 4.78 is 10.2. The van der Waals surface area contributed by atoms with Gasteiger partial charge in [-0.1, -0.05) is 42.0 Å². The van der Waals surface area contributed by atoms with Crippen LogP contribution in [0.25, 0.3) is 0 Å². The van der Waals surface area contributed by atoms with Crippen molar-refractivity contribution in [2.24, 2.45) is 0 Å². The van der Waals surface area contributed by atoms with E-state index in [0.29, 0.717) is 18.5 Å². The normalized spacial score (nSPS) is 22.2. The Labute approximate surface area is 272 Å². The summed E-state index contributed by atoms with van der Waals surface area (Å²) in [6, 6.07) is 15.1. The highest BCUT2D eigenvalue weighted by Crippen LogP contribution is 2.46. The minimum Gasteiger partial charge on any atom is -0.465 e. The maximum atomic E-state index is 12.9. The van der Waals surface area contributed by atoms with Crippen LogP contribution in [0.5, 0.6) is 0 Å². The molecular formula is C36H48N4O6. The highest BCUT2D eigenvalue weighted by molar-refractivity contribution is 5.90. The molecule has 0 radical (unpaired) electrons. The maximum Gasteiger partial charge on any atom is 0.410 e. The second-order valence-corrected chi connectivity index (χ2v) is 14.1. The highest BCUT2D eigenvalue weighted by atomic mass is 16.6. The molecule has 2 aliphatic heterocycles. The average Bonchev–Trinajstić information content (AvgIpc) is 3.82. The van der Waals surface area contributed by atoms with E-state index in [4.69, 9.17) is 9.47 Å². The van der Waals surface area contributed by atoms with Crippen LogP contribution in [0.3, 0.4) is 0 Å². The molecule has 2 aromatic rings. The fourth-order valence-corrected chi connectivity index (χ4v) is 6.27. The van der Waals surface area contributed by atoms with Gasteiger partial charge in [0.1, 0.15) is 11.6 Å². The first kappa shape index (κ1) is 33.4. The average molecular weight is 633 g/mol. The Kier molecular flexibility index (Phi) is 9.77. The van der Waals surface area contributed by atoms with Gasteiger partial charge >= 0.3 is 12.1 Å². The molecule has 2 aliphatic carbocycles. The van der Waals surface area contributed by atoms with Crippen molar-refractivity contribution >= 4 is 23.9 Å². The molecule has 2 heterocycles. The van der Waals surface area contributed by atoms with Crippen LogP contribution < -0.4 is 16.0 Å². The molecule has 4 aliphatic rings. The summed E-state index contributed by atoms with van der Waals surface area (Å²) in [5.74, 6) is -0.372. The van der Waals surface area contributed by atoms with Gasteiger partial charge in [-0.15, -0.1) is 0 Å². The van der Waals surface area contributed by atoms with Crippen LogP contribution in [0.2, 0.25) is 0 Å². The Bertz CT molecular complexity index is 1420. The fraction of sp³-hybridized carbons (Fsp3) is 0.556. The first-order chi connectivity index (χ1) is 21.8. The molecular weight excluding hydrogens is 584 g/mol. The van der Waals surface area contributed by atoms with E-state index in [1.54, 1.807) is 12.1 Å². The van der Waals surface area contributed by atoms with E-state index in [1.807, 2.05) is 32.9 Å². The molecule has 2 saturated heterocycles. The minimum absolute atomic E-state index is 0.0212. The summed E-state index contributed by atoms with van der Waals surface area (Å²) in [5, 5.41) is 9.63. The molecule has 0 aromatic heterocycles. The molecule has 0 bridgehead atoms. The van der Waals surface area contributed by atoms with Crippen LogP contribution in [0.1, 0.15) is 99.2 Å². The van der Waals surface area contributed by atoms with Crippen molar-refractivity contribution in [2.75, 3.05) is 20.2 Å². The topological polar surface area (TPSA) is 126 Å². The lowest BCUT2D eigenvalue weighted by Crippen LogP contribution is -2.50. The third kappa shape index (κ3) is 7.89. The van der Waals surface area contributed by atoms with Crippen LogP contribution in [-0.2, 0) is 30.1 Å². The van der Waals surface area contributed by atoms with E-state index >= 15 is 0 Å². The number of rotatable bonds is 7. The number of carbonyl (C=O) groups excluding carboxylic acids is 4. The Morgan fingerprint density at radius 3 is 1.89 bits per heavy atom. The number of hydrogen-bond donors (Lipinski definition) is 3. The first-order valence-electron chi connectivity index (χ1n) is 16.5. The molecule has 2 atom stereocenters. The Morgan fingerprint density at radius 2 is 1.39 bits per heavy atom. The summed E-state index contributed by atoms with van der Waals surface area (Å²) in [7, 11) is 1.34. The zero-order valence-corrected chi connectivity index (χ0v) is 27.7. The number of nitrogens with zero attached hydrogens (tertiary/aromatic N) is 1. The van der Waals surface area contributed by atoms with Gasteiger partial charge in [-0.25, -0.2) is 9.59 Å². The lowest BCUT2D eigenvalue weighted by molar-refractivity contribution is -0.126. The van der Waals surface area contributed by atoms with Crippen LogP contribution >= 0.6 is 0 Å². The molecule has 2 unspecified atom stereocenters. The van der Waals surface area contributed by atoms with Gasteiger partial charge in [-0.2, -0.15) is 0 Å². The molecule has 0 spiro atoms. The number of benzene rings is 2. The third-order valence-electron chi connectivity index (χ3n) is 9.25. The molecule has 6 rings (SSSR count). The summed E-state index contributed by atoms with van der Waals surface area (Å²) in [6.07, 6.45) is 6.82. The van der Waals surface area contributed by atoms with Gasteiger partial charge < -0.3 is 25.4 Å². The number of nitrogens with one attached hydrogen (secondary N) is 3. The van der Waals surface area contributed by atoms with Gasteiger partial charge in [-0.3, -0.25) is 14.5 Å². The Balaban J connectivity index is 0.000000198. The zero-order chi connectivity index (χ0) is 33.1. The van der Waals surface area contributed by atoms with Gasteiger partial charge in [0.05, 0.1) is 29.8 Å². The lowest BCUT2D eigenvalue weighted by Gasteiger charge is -2.29. The quantitative estimate of drug-likeness (QED) is 0.374. The lowest BCUT2D eigenvalue weighted by atomic mass is 10.0. The number of ether oxygens (including phenoxy) is 2. The summed E-state index contributed by atoms with van der Waals surface area (Å²) in [4.78, 5) is 50.7. The number of amides is 3. The van der Waals surface area contributed by atoms with Crippen molar-refractivity contribution < 1.29 is 28.7 Å². The predicted octanol–water partition coefficient (Wildman–Crippen LogP) is 4.83. The second kappa shape index (κ2) is 13.4. The van der Waals surface area contributed by atoms with Gasteiger partial charge in [-0.05, 0) is 109 Å². The van der Waals surface area contributed by atoms with Crippen molar-refractivity contribution in [1.82, 2.24) is 20.9 Å². The van der Waals surface area contributed by atoms with E-state index in [2.05, 4.69) is 47.1 Å². The SMILES string of the molecule is COC(=O)c1ccc(C2(NC(=O)C3CCCN3C(=O)OC(C)(C)C)CC2)cc1.Cc1ccc(C2(NC(=O)C3CCCN3)CC2)cc1. The van der Waals surface area contributed by atoms with Crippen molar-refractivity contribution in [3.8, 4) is 0 Å². The molecule has 46 heavy (non-hydrogen) atoms. The van der Waals surface area contributed by atoms with Crippen molar-refractivity contribution in [3.63, 3.8) is 0 Å². The predicted molar refractivity (Wildman–Crippen MR) is 174 cm³/mol. The minimum atomic E-state index is -0.597. The van der Waals surface area contributed by atoms with Gasteiger partial charge in [0.15, 0.2) is 0 Å². The molecule has 3 N–H and O–H groups in total. The molecule has 248 valence electrons. The molecule has 2 saturated carbocycles. The van der Waals surface area contributed by atoms with E-state index in [-0.39, 0.29) is 29.4 Å². The summed E-state index contributed by atoms with van der Waals surface area (Å²) >= 11 is 0. The Hall–Kier alpha value is -3.92. The van der Waals surface area contributed by atoms with Gasteiger partial charge in [0.25, 0.3) is 0 Å². The Morgan fingerprint density at radius 1 is 0.826 bits per heavy atom. The van der Waals surface area contributed by atoms with E-state index in [1.165, 1.54) is 23.1 Å². The third-order valence-corrected chi connectivity index (χ3v) is 9.25. The maximum absolute atomic E-state index is 12.9. The smallest absolute Gasteiger partial charge is 0.410 e. The van der Waals surface area contributed by atoms with E-state index in [0.717, 1.165) is 57.1 Å². The second-order valence-electron chi connectivity index (χ2n) is 14.1. The fourth-order valence-electron chi connectivity index (χ4n) is 6.27. The number of carbonyl (C=O) groups is 4. The van der Waals surface area contributed by atoms with Crippen molar-refractivity contribution in [1.29, 1.82) is 0 Å². The van der Waals surface area contributed by atoms with Crippen LogP contribution in [-0.4, -0.2) is 66.7 Å². The van der Waals surface area contributed by atoms with Crippen molar-refractivity contribution in [2.45, 2.75) is 108 Å². The number of esters is 1. The largest absolute Gasteiger partial charge is 0.465 e. The molecule has 10 nitrogen and oxygen atoms in total. The molecule has 3 amide bonds. The standard InChI is InChI=1S/C21H28N2O5.C15H20N2O/c1-20(2,3)28-19(26)23-13-5-6-16(23)17(24)22-21(11-12-21)15-9-7-14(8-10-15)18(25)27-4;1-11-4-6-12(7-5-11)15(8-9-15)17-14(18)13-3-2-10-16-13/h7-10,16H,5-6,11-13H2,1-4H3,(H,22,24);4-7,13,16H,2-3,8-10H2,1H3,(H,17,18).